The molecule has 0 amide bonds. The molecule has 1 heterocycles. The van der Waals surface area contributed by atoms with E-state index in [0.717, 1.165) is 12.8 Å². The smallest absolute Gasteiger partial charge is 0.254 e. The van der Waals surface area contributed by atoms with Gasteiger partial charge in [-0.05, 0) is 12.8 Å². The van der Waals surface area contributed by atoms with Crippen molar-refractivity contribution in [2.75, 3.05) is 0 Å². The number of nitriles is 1. The minimum atomic E-state index is -0.154. The molecule has 0 atom stereocenters. The van der Waals surface area contributed by atoms with Gasteiger partial charge in [0.25, 0.3) is 5.56 Å². The fourth-order valence-electron chi connectivity index (χ4n) is 1.62. The maximum Gasteiger partial charge on any atom is 0.254 e. The predicted octanol–water partition coefficient (Wildman–Crippen LogP) is 1.59. The Hall–Kier alpha value is -1.34. The topological polar surface area (TPSA) is 58.7 Å². The molecule has 0 N–H and O–H groups in total. The van der Waals surface area contributed by atoms with Gasteiger partial charge in [-0.15, -0.1) is 0 Å². The Morgan fingerprint density at radius 1 is 1.67 bits per heavy atom. The number of aromatic nitrogens is 2. The van der Waals surface area contributed by atoms with E-state index in [1.807, 2.05) is 0 Å². The molecule has 0 aromatic carbocycles. The maximum absolute atomic E-state index is 11.5. The largest absolute Gasteiger partial charge is 0.299 e. The second-order valence-corrected chi connectivity index (χ2v) is 4.40. The summed E-state index contributed by atoms with van der Waals surface area (Å²) in [6, 6.07) is 3.46. The molecular weight excluding hydrogens is 214 g/mol. The minimum Gasteiger partial charge on any atom is -0.299 e. The van der Waals surface area contributed by atoms with Gasteiger partial charge in [0.05, 0.1) is 12.4 Å². The quantitative estimate of drug-likeness (QED) is 0.732. The van der Waals surface area contributed by atoms with E-state index < -0.39 is 0 Å². The third-order valence-corrected chi connectivity index (χ3v) is 2.97. The summed E-state index contributed by atoms with van der Waals surface area (Å²) in [6.45, 7) is 0.573. The van der Waals surface area contributed by atoms with Crippen LogP contribution in [0.15, 0.2) is 17.2 Å². The number of halogens is 1. The van der Waals surface area contributed by atoms with Crippen LogP contribution in [-0.2, 0) is 6.54 Å². The lowest BCUT2D eigenvalue weighted by Crippen LogP contribution is -2.24. The van der Waals surface area contributed by atoms with Gasteiger partial charge >= 0.3 is 0 Å². The van der Waals surface area contributed by atoms with Crippen LogP contribution in [0.1, 0.15) is 19.3 Å². The van der Waals surface area contributed by atoms with Crippen LogP contribution in [-0.4, -0.2) is 9.55 Å². The van der Waals surface area contributed by atoms with E-state index in [-0.39, 0.29) is 16.1 Å². The molecular formula is C10H10ClN3O. The van der Waals surface area contributed by atoms with Crippen molar-refractivity contribution in [3.63, 3.8) is 0 Å². The highest BCUT2D eigenvalue weighted by atomic mass is 35.5. The van der Waals surface area contributed by atoms with Gasteiger partial charge in [-0.1, -0.05) is 11.6 Å². The fraction of sp³-hybridized carbons (Fsp3) is 0.500. The molecule has 4 nitrogen and oxygen atoms in total. The van der Waals surface area contributed by atoms with Crippen LogP contribution in [0.25, 0.3) is 0 Å². The van der Waals surface area contributed by atoms with Crippen LogP contribution in [0, 0.1) is 16.7 Å². The summed E-state index contributed by atoms with van der Waals surface area (Å²) in [4.78, 5) is 15.4. The molecule has 1 aromatic rings. The first-order valence-corrected chi connectivity index (χ1v) is 5.12. The zero-order chi connectivity index (χ0) is 10.9. The van der Waals surface area contributed by atoms with Crippen LogP contribution in [0.5, 0.6) is 0 Å². The molecule has 1 saturated carbocycles. The van der Waals surface area contributed by atoms with Gasteiger partial charge in [-0.25, -0.2) is 4.98 Å². The van der Waals surface area contributed by atoms with Crippen molar-refractivity contribution in [2.24, 2.45) is 5.41 Å². The number of hydrogen-bond donors (Lipinski definition) is 0. The monoisotopic (exact) mass is 223 g/mol. The summed E-state index contributed by atoms with van der Waals surface area (Å²) in [7, 11) is 0. The molecule has 0 saturated heterocycles. The molecule has 0 bridgehead atoms. The minimum absolute atomic E-state index is 0.00802. The molecule has 0 spiro atoms. The summed E-state index contributed by atoms with van der Waals surface area (Å²) in [5.74, 6) is 0. The van der Waals surface area contributed by atoms with Crippen molar-refractivity contribution in [1.82, 2.24) is 9.55 Å². The summed E-state index contributed by atoms with van der Waals surface area (Å²) in [5, 5.41) is 8.87. The SMILES string of the molecule is N#CCC1(Cn2cnc(Cl)cc2=O)CC1. The van der Waals surface area contributed by atoms with Crippen molar-refractivity contribution in [3.05, 3.63) is 27.9 Å². The van der Waals surface area contributed by atoms with Crippen molar-refractivity contribution in [3.8, 4) is 6.07 Å². The molecule has 78 valence electrons. The summed E-state index contributed by atoms with van der Waals surface area (Å²) < 4.78 is 1.52. The Bertz CT molecular complexity index is 470. The second-order valence-electron chi connectivity index (χ2n) is 4.01. The van der Waals surface area contributed by atoms with Crippen LogP contribution in [0.2, 0.25) is 5.15 Å². The third-order valence-electron chi connectivity index (χ3n) is 2.76. The van der Waals surface area contributed by atoms with Gasteiger partial charge in [0.2, 0.25) is 0 Å². The van der Waals surface area contributed by atoms with E-state index >= 15 is 0 Å². The van der Waals surface area contributed by atoms with Gasteiger partial charge in [0.1, 0.15) is 5.15 Å². The van der Waals surface area contributed by atoms with Crippen LogP contribution >= 0.6 is 11.6 Å². The van der Waals surface area contributed by atoms with E-state index in [0.29, 0.717) is 13.0 Å². The molecule has 0 radical (unpaired) electrons. The molecule has 15 heavy (non-hydrogen) atoms. The normalized spacial score (nSPS) is 17.1. The van der Waals surface area contributed by atoms with Crippen LogP contribution < -0.4 is 5.56 Å². The summed E-state index contributed by atoms with van der Waals surface area (Å²) >= 11 is 5.59. The first-order chi connectivity index (χ1) is 7.15. The van der Waals surface area contributed by atoms with E-state index in [9.17, 15) is 4.79 Å². The molecule has 5 heteroatoms. The van der Waals surface area contributed by atoms with Gasteiger partial charge in [-0.2, -0.15) is 5.26 Å². The first-order valence-electron chi connectivity index (χ1n) is 4.74. The number of hydrogen-bond acceptors (Lipinski definition) is 3. The average Bonchev–Trinajstić information content (AvgIpc) is 2.91. The fourth-order valence-corrected chi connectivity index (χ4v) is 1.76. The molecule has 1 fully saturated rings. The number of rotatable bonds is 3. The lowest BCUT2D eigenvalue weighted by atomic mass is 10.0. The first kappa shape index (κ1) is 10.2. The lowest BCUT2D eigenvalue weighted by Gasteiger charge is -2.12. The zero-order valence-corrected chi connectivity index (χ0v) is 8.87. The summed E-state index contributed by atoms with van der Waals surface area (Å²) in [5.41, 5.74) is -0.145. The molecule has 0 unspecified atom stereocenters. The van der Waals surface area contributed by atoms with Gasteiger partial charge in [-0.3, -0.25) is 9.36 Å². The standard InChI is InChI=1S/C10H10ClN3O/c11-8-5-9(15)14(7-13-8)6-10(1-2-10)3-4-12/h5,7H,1-3,6H2. The maximum atomic E-state index is 11.5. The lowest BCUT2D eigenvalue weighted by molar-refractivity contribution is 0.420. The van der Waals surface area contributed by atoms with Crippen LogP contribution in [0.4, 0.5) is 0 Å². The Morgan fingerprint density at radius 3 is 2.93 bits per heavy atom. The van der Waals surface area contributed by atoms with Crippen molar-refractivity contribution >= 4 is 11.6 Å². The Morgan fingerprint density at radius 2 is 2.40 bits per heavy atom. The molecule has 0 aliphatic heterocycles. The Labute approximate surface area is 92.1 Å². The third kappa shape index (κ3) is 2.18. The van der Waals surface area contributed by atoms with Crippen molar-refractivity contribution in [2.45, 2.75) is 25.8 Å². The van der Waals surface area contributed by atoms with Crippen molar-refractivity contribution in [1.29, 1.82) is 5.26 Å². The number of nitrogens with zero attached hydrogens (tertiary/aromatic N) is 3. The highest BCUT2D eigenvalue weighted by molar-refractivity contribution is 6.29. The van der Waals surface area contributed by atoms with Gasteiger partial charge in [0.15, 0.2) is 0 Å². The van der Waals surface area contributed by atoms with E-state index in [2.05, 4.69) is 11.1 Å². The zero-order valence-electron chi connectivity index (χ0n) is 8.11. The van der Waals surface area contributed by atoms with Gasteiger partial charge < -0.3 is 0 Å². The van der Waals surface area contributed by atoms with Crippen molar-refractivity contribution < 1.29 is 0 Å². The van der Waals surface area contributed by atoms with Crippen LogP contribution in [0.3, 0.4) is 0 Å². The Balaban J connectivity index is 2.19. The van der Waals surface area contributed by atoms with E-state index in [1.54, 1.807) is 0 Å². The van der Waals surface area contributed by atoms with Gasteiger partial charge in [0, 0.05) is 24.4 Å². The second kappa shape index (κ2) is 3.67. The summed E-state index contributed by atoms with van der Waals surface area (Å²) in [6.07, 6.45) is 3.97. The Kier molecular flexibility index (Phi) is 2.49. The predicted molar refractivity (Wildman–Crippen MR) is 55.4 cm³/mol. The molecule has 1 aliphatic rings. The highest BCUT2D eigenvalue weighted by Gasteiger charge is 2.42. The highest BCUT2D eigenvalue weighted by Crippen LogP contribution is 2.49. The molecule has 2 rings (SSSR count). The average molecular weight is 224 g/mol. The van der Waals surface area contributed by atoms with E-state index in [1.165, 1.54) is 17.0 Å². The molecule has 1 aromatic heterocycles. The van der Waals surface area contributed by atoms with E-state index in [4.69, 9.17) is 16.9 Å². The molecule has 1 aliphatic carbocycles.